The Morgan fingerprint density at radius 1 is 1.57 bits per heavy atom. The van der Waals surface area contributed by atoms with E-state index in [4.69, 9.17) is 5.73 Å². The summed E-state index contributed by atoms with van der Waals surface area (Å²) < 4.78 is 0. The fourth-order valence-corrected chi connectivity index (χ4v) is 1.81. The second-order valence-corrected chi connectivity index (χ2v) is 4.36. The highest BCUT2D eigenvalue weighted by Gasteiger charge is 1.98. The van der Waals surface area contributed by atoms with Crippen molar-refractivity contribution in [3.63, 3.8) is 0 Å². The normalized spacial score (nSPS) is 13.0. The molecule has 0 aromatic carbocycles. The molecule has 80 valence electrons. The van der Waals surface area contributed by atoms with Crippen LogP contribution in [-0.4, -0.2) is 24.1 Å². The zero-order valence-corrected chi connectivity index (χ0v) is 9.52. The van der Waals surface area contributed by atoms with Gasteiger partial charge in [-0.2, -0.15) is 0 Å². The van der Waals surface area contributed by atoms with E-state index in [0.717, 1.165) is 32.4 Å². The molecule has 1 rings (SSSR count). The maximum Gasteiger partial charge on any atom is 0.0937 e. The molecule has 14 heavy (non-hydrogen) atoms. The van der Waals surface area contributed by atoms with Crippen LogP contribution in [0.5, 0.6) is 0 Å². The number of thiazole rings is 1. The first-order valence-corrected chi connectivity index (χ1v) is 6.05. The average Bonchev–Trinajstić information content (AvgIpc) is 2.69. The summed E-state index contributed by atoms with van der Waals surface area (Å²) in [7, 11) is 0. The van der Waals surface area contributed by atoms with Crippen LogP contribution in [-0.2, 0) is 6.42 Å². The highest BCUT2D eigenvalue weighted by Crippen LogP contribution is 2.03. The van der Waals surface area contributed by atoms with Crippen LogP contribution in [0.25, 0.3) is 0 Å². The minimum absolute atomic E-state index is 0.349. The Hall–Kier alpha value is -0.450. The molecule has 0 spiro atoms. The van der Waals surface area contributed by atoms with Crippen LogP contribution < -0.4 is 11.1 Å². The highest BCUT2D eigenvalue weighted by atomic mass is 32.1. The van der Waals surface area contributed by atoms with Crippen LogP contribution in [0.4, 0.5) is 0 Å². The SMILES string of the molecule is CCC(N)CCNCCc1nccs1. The first-order valence-electron chi connectivity index (χ1n) is 5.17. The van der Waals surface area contributed by atoms with Crippen molar-refractivity contribution in [1.82, 2.24) is 10.3 Å². The summed E-state index contributed by atoms with van der Waals surface area (Å²) in [6, 6.07) is 0.349. The van der Waals surface area contributed by atoms with Gasteiger partial charge < -0.3 is 11.1 Å². The molecule has 1 atom stereocenters. The maximum atomic E-state index is 5.80. The van der Waals surface area contributed by atoms with Gasteiger partial charge in [-0.05, 0) is 19.4 Å². The Labute approximate surface area is 89.7 Å². The van der Waals surface area contributed by atoms with E-state index in [1.165, 1.54) is 5.01 Å². The number of hydrogen-bond acceptors (Lipinski definition) is 4. The summed E-state index contributed by atoms with van der Waals surface area (Å²) in [5.74, 6) is 0. The van der Waals surface area contributed by atoms with Crippen LogP contribution in [0.2, 0.25) is 0 Å². The smallest absolute Gasteiger partial charge is 0.0937 e. The Morgan fingerprint density at radius 3 is 3.07 bits per heavy atom. The Balaban J connectivity index is 1.95. The third kappa shape index (κ3) is 4.69. The molecule has 0 saturated heterocycles. The van der Waals surface area contributed by atoms with Crippen molar-refractivity contribution in [2.45, 2.75) is 32.2 Å². The summed E-state index contributed by atoms with van der Waals surface area (Å²) >= 11 is 1.72. The van der Waals surface area contributed by atoms with E-state index in [2.05, 4.69) is 17.2 Å². The average molecular weight is 213 g/mol. The highest BCUT2D eigenvalue weighted by molar-refractivity contribution is 7.09. The van der Waals surface area contributed by atoms with E-state index in [0.29, 0.717) is 6.04 Å². The fraction of sp³-hybridized carbons (Fsp3) is 0.700. The van der Waals surface area contributed by atoms with Crippen molar-refractivity contribution in [2.75, 3.05) is 13.1 Å². The van der Waals surface area contributed by atoms with Crippen LogP contribution in [0.3, 0.4) is 0 Å². The minimum Gasteiger partial charge on any atom is -0.328 e. The summed E-state index contributed by atoms with van der Waals surface area (Å²) in [4.78, 5) is 4.22. The molecular weight excluding hydrogens is 194 g/mol. The number of hydrogen-bond donors (Lipinski definition) is 2. The molecule has 0 radical (unpaired) electrons. The van der Waals surface area contributed by atoms with E-state index in [9.17, 15) is 0 Å². The minimum atomic E-state index is 0.349. The number of aromatic nitrogens is 1. The van der Waals surface area contributed by atoms with Crippen LogP contribution >= 0.6 is 11.3 Å². The zero-order valence-electron chi connectivity index (χ0n) is 8.70. The molecule has 0 fully saturated rings. The number of nitrogens with two attached hydrogens (primary N) is 1. The lowest BCUT2D eigenvalue weighted by molar-refractivity contribution is 0.550. The number of nitrogens with zero attached hydrogens (tertiary/aromatic N) is 1. The lowest BCUT2D eigenvalue weighted by atomic mass is 10.2. The number of rotatable bonds is 7. The molecule has 4 heteroatoms. The fourth-order valence-electron chi connectivity index (χ4n) is 1.19. The van der Waals surface area contributed by atoms with Crippen LogP contribution in [0.1, 0.15) is 24.8 Å². The first kappa shape index (κ1) is 11.6. The maximum absolute atomic E-state index is 5.80. The van der Waals surface area contributed by atoms with Gasteiger partial charge in [0.05, 0.1) is 5.01 Å². The van der Waals surface area contributed by atoms with Gasteiger partial charge >= 0.3 is 0 Å². The summed E-state index contributed by atoms with van der Waals surface area (Å²) in [6.07, 6.45) is 5.01. The van der Waals surface area contributed by atoms with Gasteiger partial charge in [0.25, 0.3) is 0 Å². The van der Waals surface area contributed by atoms with E-state index in [1.54, 1.807) is 11.3 Å². The quantitative estimate of drug-likeness (QED) is 0.673. The van der Waals surface area contributed by atoms with E-state index in [-0.39, 0.29) is 0 Å². The number of nitrogens with one attached hydrogen (secondary N) is 1. The molecule has 0 bridgehead atoms. The van der Waals surface area contributed by atoms with Gasteiger partial charge in [0, 0.05) is 30.6 Å². The molecule has 1 heterocycles. The zero-order chi connectivity index (χ0) is 10.2. The van der Waals surface area contributed by atoms with Gasteiger partial charge in [0.15, 0.2) is 0 Å². The molecule has 3 N–H and O–H groups in total. The van der Waals surface area contributed by atoms with E-state index in [1.807, 2.05) is 11.6 Å². The Bertz CT molecular complexity index is 223. The van der Waals surface area contributed by atoms with Crippen molar-refractivity contribution in [1.29, 1.82) is 0 Å². The lowest BCUT2D eigenvalue weighted by Gasteiger charge is -2.08. The third-order valence-corrected chi connectivity index (χ3v) is 3.05. The largest absolute Gasteiger partial charge is 0.328 e. The molecule has 0 saturated carbocycles. The van der Waals surface area contributed by atoms with Crippen molar-refractivity contribution in [3.8, 4) is 0 Å². The monoisotopic (exact) mass is 213 g/mol. The second-order valence-electron chi connectivity index (χ2n) is 3.38. The predicted octanol–water partition coefficient (Wildman–Crippen LogP) is 1.40. The molecule has 3 nitrogen and oxygen atoms in total. The van der Waals surface area contributed by atoms with Crippen molar-refractivity contribution in [2.24, 2.45) is 5.73 Å². The molecule has 1 unspecified atom stereocenters. The van der Waals surface area contributed by atoms with Gasteiger partial charge in [0.2, 0.25) is 0 Å². The summed E-state index contributed by atoms with van der Waals surface area (Å²) in [6.45, 7) is 4.14. The Kier molecular flexibility index (Phi) is 5.75. The lowest BCUT2D eigenvalue weighted by Crippen LogP contribution is -2.27. The molecule has 1 aromatic heterocycles. The van der Waals surface area contributed by atoms with Gasteiger partial charge in [-0.15, -0.1) is 11.3 Å². The summed E-state index contributed by atoms with van der Waals surface area (Å²) in [5.41, 5.74) is 5.80. The van der Waals surface area contributed by atoms with E-state index < -0.39 is 0 Å². The standard InChI is InChI=1S/C10H19N3S/c1-2-9(11)3-5-12-6-4-10-13-7-8-14-10/h7-9,12H,2-6,11H2,1H3. The van der Waals surface area contributed by atoms with Gasteiger partial charge in [-0.1, -0.05) is 6.92 Å². The predicted molar refractivity (Wildman–Crippen MR) is 61.6 cm³/mol. The van der Waals surface area contributed by atoms with Crippen LogP contribution in [0, 0.1) is 0 Å². The molecule has 0 aliphatic carbocycles. The first-order chi connectivity index (χ1) is 6.83. The molecule has 1 aromatic rings. The molecule has 0 amide bonds. The summed E-state index contributed by atoms with van der Waals surface area (Å²) in [5, 5.41) is 6.60. The topological polar surface area (TPSA) is 50.9 Å². The van der Waals surface area contributed by atoms with Crippen molar-refractivity contribution >= 4 is 11.3 Å². The van der Waals surface area contributed by atoms with Crippen molar-refractivity contribution in [3.05, 3.63) is 16.6 Å². The van der Waals surface area contributed by atoms with Gasteiger partial charge in [-0.25, -0.2) is 4.98 Å². The van der Waals surface area contributed by atoms with Gasteiger partial charge in [-0.3, -0.25) is 0 Å². The van der Waals surface area contributed by atoms with Crippen molar-refractivity contribution < 1.29 is 0 Å². The third-order valence-electron chi connectivity index (χ3n) is 2.22. The van der Waals surface area contributed by atoms with E-state index >= 15 is 0 Å². The molecule has 0 aliphatic rings. The molecule has 0 aliphatic heterocycles. The second kappa shape index (κ2) is 6.92. The Morgan fingerprint density at radius 2 is 2.43 bits per heavy atom. The van der Waals surface area contributed by atoms with Gasteiger partial charge in [0.1, 0.15) is 0 Å². The molecular formula is C10H19N3S. The van der Waals surface area contributed by atoms with Crippen LogP contribution in [0.15, 0.2) is 11.6 Å².